The molecule has 0 spiro atoms. The minimum atomic E-state index is -3.77. The van der Waals surface area contributed by atoms with Crippen LogP contribution in [0.3, 0.4) is 0 Å². The van der Waals surface area contributed by atoms with Crippen molar-refractivity contribution in [3.63, 3.8) is 0 Å². The van der Waals surface area contributed by atoms with Crippen molar-refractivity contribution in [1.29, 1.82) is 0 Å². The van der Waals surface area contributed by atoms with E-state index >= 15 is 0 Å². The molecule has 0 aliphatic rings. The zero-order chi connectivity index (χ0) is 32.0. The molecule has 0 saturated heterocycles. The number of sulfonamides is 1. The first kappa shape index (κ1) is 29.8. The maximum atomic E-state index is 14.5. The van der Waals surface area contributed by atoms with Crippen LogP contribution >= 0.6 is 0 Å². The Balaban J connectivity index is 1.65. The van der Waals surface area contributed by atoms with Gasteiger partial charge in [0, 0.05) is 36.2 Å². The molecule has 0 radical (unpaired) electrons. The lowest BCUT2D eigenvalue weighted by Gasteiger charge is -2.24. The van der Waals surface area contributed by atoms with Crippen LogP contribution in [0.25, 0.3) is 56.0 Å². The monoisotopic (exact) mass is 631 g/mol. The van der Waals surface area contributed by atoms with E-state index in [1.165, 1.54) is 54.9 Å². The molecule has 6 rings (SSSR count). The van der Waals surface area contributed by atoms with E-state index in [-0.39, 0.29) is 46.1 Å². The Morgan fingerprint density at radius 2 is 1.69 bits per heavy atom. The summed E-state index contributed by atoms with van der Waals surface area (Å²) in [4.78, 5) is 17.6. The van der Waals surface area contributed by atoms with Gasteiger partial charge in [-0.25, -0.2) is 22.2 Å². The molecule has 4 aromatic carbocycles. The molecule has 0 bridgehead atoms. The van der Waals surface area contributed by atoms with E-state index in [1.54, 1.807) is 43.3 Å². The highest BCUT2D eigenvalue weighted by atomic mass is 32.2. The number of oxazole rings is 1. The SMILES string of the molecule is CCN(c1cc2oc(-c3ccc(F)cc3)c(C(=O)NC)c2cc1-c1ccc(OC)c(-c2nc3c(F)cccc3o2)c1)S(C)(=O)=O. The Kier molecular flexibility index (Phi) is 7.53. The van der Waals surface area contributed by atoms with Gasteiger partial charge in [-0.2, -0.15) is 0 Å². The van der Waals surface area contributed by atoms with Crippen LogP contribution in [0.2, 0.25) is 0 Å². The minimum absolute atomic E-state index is 0.0539. The molecule has 0 unspecified atom stereocenters. The Morgan fingerprint density at radius 1 is 0.956 bits per heavy atom. The molecule has 0 atom stereocenters. The summed E-state index contributed by atoms with van der Waals surface area (Å²) in [6.45, 7) is 1.79. The number of methoxy groups -OCH3 is 1. The molecular formula is C33H27F2N3O6S. The van der Waals surface area contributed by atoms with Gasteiger partial charge >= 0.3 is 0 Å². The number of furan rings is 1. The Labute approximate surface area is 257 Å². The summed E-state index contributed by atoms with van der Waals surface area (Å²) < 4.78 is 73.1. The third kappa shape index (κ3) is 5.27. The van der Waals surface area contributed by atoms with E-state index in [4.69, 9.17) is 13.6 Å². The molecule has 230 valence electrons. The molecular weight excluding hydrogens is 604 g/mol. The predicted octanol–water partition coefficient (Wildman–Crippen LogP) is 7.01. The van der Waals surface area contributed by atoms with Gasteiger partial charge in [-0.3, -0.25) is 9.10 Å². The van der Waals surface area contributed by atoms with Gasteiger partial charge in [-0.1, -0.05) is 12.1 Å². The lowest BCUT2D eigenvalue weighted by atomic mass is 9.97. The van der Waals surface area contributed by atoms with Crippen LogP contribution in [0.1, 0.15) is 17.3 Å². The number of benzene rings is 4. The third-order valence-electron chi connectivity index (χ3n) is 7.43. The van der Waals surface area contributed by atoms with Crippen molar-refractivity contribution in [3.05, 3.63) is 90.0 Å². The highest BCUT2D eigenvalue weighted by Gasteiger charge is 2.27. The van der Waals surface area contributed by atoms with Crippen LogP contribution in [0.5, 0.6) is 5.75 Å². The van der Waals surface area contributed by atoms with Crippen molar-refractivity contribution in [3.8, 4) is 39.7 Å². The number of para-hydroxylation sites is 1. The first-order valence-electron chi connectivity index (χ1n) is 13.8. The fraction of sp³-hybridized carbons (Fsp3) is 0.152. The fourth-order valence-corrected chi connectivity index (χ4v) is 6.36. The Morgan fingerprint density at radius 3 is 2.33 bits per heavy atom. The number of rotatable bonds is 8. The van der Waals surface area contributed by atoms with Crippen LogP contribution in [-0.4, -0.2) is 46.3 Å². The summed E-state index contributed by atoms with van der Waals surface area (Å²) in [5.41, 5.74) is 2.85. The molecule has 2 heterocycles. The number of carbonyl (C=O) groups excluding carboxylic acids is 1. The first-order chi connectivity index (χ1) is 21.5. The van der Waals surface area contributed by atoms with Crippen molar-refractivity contribution in [2.45, 2.75) is 6.92 Å². The number of halogens is 2. The summed E-state index contributed by atoms with van der Waals surface area (Å²) in [7, 11) is -0.822. The van der Waals surface area contributed by atoms with Crippen molar-refractivity contribution in [1.82, 2.24) is 10.3 Å². The smallest absolute Gasteiger partial charge is 0.255 e. The highest BCUT2D eigenvalue weighted by molar-refractivity contribution is 7.92. The second-order valence-corrected chi connectivity index (χ2v) is 12.1. The van der Waals surface area contributed by atoms with Crippen LogP contribution < -0.4 is 14.4 Å². The number of nitrogens with one attached hydrogen (secondary N) is 1. The lowest BCUT2D eigenvalue weighted by molar-refractivity contribution is 0.0964. The van der Waals surface area contributed by atoms with Gasteiger partial charge in [0.2, 0.25) is 15.9 Å². The van der Waals surface area contributed by atoms with Gasteiger partial charge < -0.3 is 18.9 Å². The van der Waals surface area contributed by atoms with Gasteiger partial charge in [-0.15, -0.1) is 0 Å². The van der Waals surface area contributed by atoms with E-state index < -0.39 is 27.6 Å². The van der Waals surface area contributed by atoms with Crippen molar-refractivity contribution in [2.24, 2.45) is 0 Å². The molecule has 12 heteroatoms. The number of carbonyl (C=O) groups is 1. The van der Waals surface area contributed by atoms with Gasteiger partial charge in [0.25, 0.3) is 5.91 Å². The molecule has 0 aliphatic carbocycles. The second-order valence-electron chi connectivity index (χ2n) is 10.2. The topological polar surface area (TPSA) is 115 Å². The number of nitrogens with zero attached hydrogens (tertiary/aromatic N) is 2. The van der Waals surface area contributed by atoms with Gasteiger partial charge in [0.15, 0.2) is 11.4 Å². The summed E-state index contributed by atoms with van der Waals surface area (Å²) in [5.74, 6) is -0.776. The summed E-state index contributed by atoms with van der Waals surface area (Å²) in [6, 6.07) is 18.2. The molecule has 0 saturated carbocycles. The van der Waals surface area contributed by atoms with Crippen molar-refractivity contribution >= 4 is 43.7 Å². The molecule has 1 amide bonds. The molecule has 0 aliphatic heterocycles. The third-order valence-corrected chi connectivity index (χ3v) is 8.69. The number of ether oxygens (including phenoxy) is 1. The average molecular weight is 632 g/mol. The molecule has 2 aromatic heterocycles. The summed E-state index contributed by atoms with van der Waals surface area (Å²) >= 11 is 0. The maximum Gasteiger partial charge on any atom is 0.255 e. The minimum Gasteiger partial charge on any atom is -0.496 e. The van der Waals surface area contributed by atoms with E-state index in [9.17, 15) is 22.0 Å². The molecule has 0 fully saturated rings. The second kappa shape index (κ2) is 11.4. The fourth-order valence-electron chi connectivity index (χ4n) is 5.38. The number of fused-ring (bicyclic) bond motifs is 2. The van der Waals surface area contributed by atoms with Crippen molar-refractivity contribution in [2.75, 3.05) is 31.3 Å². The van der Waals surface area contributed by atoms with Crippen LogP contribution in [0.4, 0.5) is 14.5 Å². The maximum absolute atomic E-state index is 14.5. The quantitative estimate of drug-likeness (QED) is 0.192. The zero-order valence-corrected chi connectivity index (χ0v) is 25.5. The van der Waals surface area contributed by atoms with Crippen LogP contribution in [-0.2, 0) is 10.0 Å². The standard InChI is InChI=1S/C33H27F2N3O6S/c1-5-38(45(4,40)41)25-17-28-22(29(32(39)36-2)31(43-28)18-9-12-20(34)13-10-18)16-21(25)19-11-14-26(42-3)23(15-19)33-37-30-24(35)7-6-8-27(30)44-33/h6-17H,5H2,1-4H3,(H,36,39). The molecule has 1 N–H and O–H groups in total. The zero-order valence-electron chi connectivity index (χ0n) is 24.6. The number of hydrogen-bond donors (Lipinski definition) is 1. The normalized spacial score (nSPS) is 11.7. The predicted molar refractivity (Wildman–Crippen MR) is 168 cm³/mol. The van der Waals surface area contributed by atoms with E-state index in [0.717, 1.165) is 6.26 Å². The largest absolute Gasteiger partial charge is 0.496 e. The molecule has 9 nitrogen and oxygen atoms in total. The van der Waals surface area contributed by atoms with Crippen LogP contribution in [0.15, 0.2) is 81.6 Å². The molecule has 45 heavy (non-hydrogen) atoms. The summed E-state index contributed by atoms with van der Waals surface area (Å²) in [5, 5.41) is 3.03. The molecule has 6 aromatic rings. The van der Waals surface area contributed by atoms with E-state index in [0.29, 0.717) is 33.4 Å². The highest BCUT2D eigenvalue weighted by Crippen LogP contribution is 2.44. The number of aromatic nitrogens is 1. The van der Waals surface area contributed by atoms with E-state index in [2.05, 4.69) is 10.3 Å². The number of hydrogen-bond acceptors (Lipinski definition) is 7. The van der Waals surface area contributed by atoms with Crippen LogP contribution in [0, 0.1) is 11.6 Å². The van der Waals surface area contributed by atoms with Crippen molar-refractivity contribution < 1.29 is 35.6 Å². The first-order valence-corrected chi connectivity index (χ1v) is 15.7. The lowest BCUT2D eigenvalue weighted by Crippen LogP contribution is -2.29. The number of anilines is 1. The van der Waals surface area contributed by atoms with Gasteiger partial charge in [0.05, 0.1) is 30.2 Å². The van der Waals surface area contributed by atoms with Gasteiger partial charge in [0.1, 0.15) is 28.4 Å². The summed E-state index contributed by atoms with van der Waals surface area (Å²) in [6.07, 6.45) is 1.10. The average Bonchev–Trinajstić information content (AvgIpc) is 3.62. The van der Waals surface area contributed by atoms with Gasteiger partial charge in [-0.05, 0) is 67.1 Å². The Bertz CT molecular complexity index is 2210. The van der Waals surface area contributed by atoms with E-state index in [1.807, 2.05) is 0 Å². The Hall–Kier alpha value is -5.23. The number of amides is 1.